The van der Waals surface area contributed by atoms with E-state index in [1.807, 2.05) is 0 Å². The molecule has 1 aromatic heterocycles. The third-order valence-electron chi connectivity index (χ3n) is 5.79. The van der Waals surface area contributed by atoms with E-state index >= 15 is 0 Å². The van der Waals surface area contributed by atoms with Crippen molar-refractivity contribution >= 4 is 35.6 Å². The van der Waals surface area contributed by atoms with Gasteiger partial charge in [0.05, 0.1) is 12.4 Å². The Bertz CT molecular complexity index is 997. The van der Waals surface area contributed by atoms with Gasteiger partial charge in [-0.3, -0.25) is 24.2 Å². The number of primary amides is 1. The van der Waals surface area contributed by atoms with E-state index in [-0.39, 0.29) is 51.0 Å². The summed E-state index contributed by atoms with van der Waals surface area (Å²) in [5.74, 6) is -4.16. The molecule has 224 valence electrons. The Hall–Kier alpha value is -4.25. The van der Waals surface area contributed by atoms with Crippen molar-refractivity contribution in [3.8, 4) is 0 Å². The second-order valence-electron chi connectivity index (χ2n) is 9.15. The number of hydrogen-bond acceptors (Lipinski definition) is 9. The third-order valence-corrected chi connectivity index (χ3v) is 5.79. The summed E-state index contributed by atoms with van der Waals surface area (Å²) >= 11 is 0. The first kappa shape index (κ1) is 33.8. The highest BCUT2D eigenvalue weighted by Crippen LogP contribution is 2.07. The molecule has 0 radical (unpaired) electrons. The third kappa shape index (κ3) is 13.5. The fourth-order valence-corrected chi connectivity index (χ4v) is 3.60. The molecule has 15 N–H and O–H groups in total. The average Bonchev–Trinajstić information content (AvgIpc) is 3.40. The number of imidazole rings is 1. The Morgan fingerprint density at radius 3 is 2.10 bits per heavy atom. The molecule has 0 aromatic carbocycles. The second-order valence-corrected chi connectivity index (χ2v) is 9.15. The lowest BCUT2D eigenvalue weighted by atomic mass is 10.0. The van der Waals surface area contributed by atoms with Crippen molar-refractivity contribution in [1.82, 2.24) is 25.9 Å². The minimum absolute atomic E-state index is 0.0110. The molecule has 1 heterocycles. The first-order chi connectivity index (χ1) is 18.9. The van der Waals surface area contributed by atoms with Gasteiger partial charge < -0.3 is 54.7 Å². The summed E-state index contributed by atoms with van der Waals surface area (Å²) in [6.45, 7) is 0.535. The summed E-state index contributed by atoms with van der Waals surface area (Å²) in [5, 5.41) is 17.2. The number of H-pyrrole nitrogens is 1. The highest BCUT2D eigenvalue weighted by atomic mass is 16.4. The van der Waals surface area contributed by atoms with E-state index < -0.39 is 53.8 Å². The molecule has 0 fully saturated rings. The molecule has 17 heteroatoms. The predicted octanol–water partition coefficient (Wildman–Crippen LogP) is -3.73. The number of amides is 4. The van der Waals surface area contributed by atoms with E-state index in [4.69, 9.17) is 28.7 Å². The number of nitrogens with two attached hydrogens (primary N) is 5. The number of carbonyl (C=O) groups excluding carboxylic acids is 4. The number of rotatable bonds is 20. The van der Waals surface area contributed by atoms with Gasteiger partial charge in [-0.05, 0) is 45.1 Å². The standard InChI is InChI=1S/C23H41N11O6/c24-8-2-1-4-15(32-19(36)14(25)6-7-18(26)35)20(37)34-17(10-13-11-29-12-31-13)21(38)33-16(22(39)40)5-3-9-30-23(27)28/h11-12,14-17H,1-10,24-25H2,(H2,26,35)(H,29,31)(H,32,36)(H,33,38)(H,34,37)(H,39,40)(H4,27,28,30). The lowest BCUT2D eigenvalue weighted by Gasteiger charge is -2.25. The number of aromatic nitrogens is 2. The topological polar surface area (TPSA) is 313 Å². The largest absolute Gasteiger partial charge is 0.480 e. The number of guanidine groups is 1. The summed E-state index contributed by atoms with van der Waals surface area (Å²) in [4.78, 5) is 72.3. The van der Waals surface area contributed by atoms with Gasteiger partial charge in [-0.2, -0.15) is 0 Å². The van der Waals surface area contributed by atoms with Gasteiger partial charge in [0.15, 0.2) is 5.96 Å². The van der Waals surface area contributed by atoms with Crippen LogP contribution in [-0.2, 0) is 30.4 Å². The maximum atomic E-state index is 13.3. The van der Waals surface area contributed by atoms with Gasteiger partial charge in [0, 0.05) is 31.3 Å². The molecule has 1 aromatic rings. The number of carboxylic acid groups (broad SMARTS) is 1. The van der Waals surface area contributed by atoms with Crippen LogP contribution in [0.5, 0.6) is 0 Å². The van der Waals surface area contributed by atoms with Crippen LogP contribution in [-0.4, -0.2) is 87.9 Å². The molecule has 0 aliphatic carbocycles. The van der Waals surface area contributed by atoms with Gasteiger partial charge in [-0.15, -0.1) is 0 Å². The Balaban J connectivity index is 3.03. The van der Waals surface area contributed by atoms with Crippen molar-refractivity contribution in [1.29, 1.82) is 0 Å². The molecule has 17 nitrogen and oxygen atoms in total. The van der Waals surface area contributed by atoms with Crippen molar-refractivity contribution in [3.63, 3.8) is 0 Å². The van der Waals surface area contributed by atoms with E-state index in [2.05, 4.69) is 30.9 Å². The fraction of sp³-hybridized carbons (Fsp3) is 0.609. The highest BCUT2D eigenvalue weighted by Gasteiger charge is 2.30. The highest BCUT2D eigenvalue weighted by molar-refractivity contribution is 5.94. The Morgan fingerprint density at radius 1 is 0.900 bits per heavy atom. The number of carboxylic acids is 1. The number of hydrogen-bond donors (Lipinski definition) is 10. The van der Waals surface area contributed by atoms with Crippen molar-refractivity contribution in [2.75, 3.05) is 13.1 Å². The second kappa shape index (κ2) is 18.1. The molecule has 0 saturated carbocycles. The molecule has 0 bridgehead atoms. The van der Waals surface area contributed by atoms with Crippen LogP contribution in [0.25, 0.3) is 0 Å². The number of aromatic amines is 1. The quantitative estimate of drug-likeness (QED) is 0.0414. The van der Waals surface area contributed by atoms with Gasteiger partial charge in [0.2, 0.25) is 23.6 Å². The predicted molar refractivity (Wildman–Crippen MR) is 145 cm³/mol. The number of aliphatic imine (C=N–C) groups is 1. The van der Waals surface area contributed by atoms with Gasteiger partial charge in [-0.1, -0.05) is 0 Å². The molecule has 4 unspecified atom stereocenters. The van der Waals surface area contributed by atoms with E-state index in [9.17, 15) is 29.1 Å². The van der Waals surface area contributed by atoms with Crippen molar-refractivity contribution in [2.24, 2.45) is 33.7 Å². The number of nitrogens with one attached hydrogen (secondary N) is 4. The minimum atomic E-state index is -1.28. The van der Waals surface area contributed by atoms with E-state index in [1.54, 1.807) is 0 Å². The van der Waals surface area contributed by atoms with Crippen LogP contribution in [0.4, 0.5) is 0 Å². The summed E-state index contributed by atoms with van der Waals surface area (Å²) in [7, 11) is 0. The first-order valence-corrected chi connectivity index (χ1v) is 12.8. The zero-order valence-electron chi connectivity index (χ0n) is 22.3. The molecular formula is C23H41N11O6. The maximum absolute atomic E-state index is 13.3. The zero-order chi connectivity index (χ0) is 30.1. The first-order valence-electron chi connectivity index (χ1n) is 12.8. The molecule has 0 spiro atoms. The Morgan fingerprint density at radius 2 is 1.52 bits per heavy atom. The Labute approximate surface area is 231 Å². The van der Waals surface area contributed by atoms with Crippen LogP contribution in [0, 0.1) is 0 Å². The van der Waals surface area contributed by atoms with Crippen LogP contribution in [0.3, 0.4) is 0 Å². The van der Waals surface area contributed by atoms with Crippen LogP contribution in [0.2, 0.25) is 0 Å². The number of nitrogens with zero attached hydrogens (tertiary/aromatic N) is 2. The molecule has 4 amide bonds. The average molecular weight is 568 g/mol. The van der Waals surface area contributed by atoms with Crippen LogP contribution in [0.15, 0.2) is 17.5 Å². The molecule has 4 atom stereocenters. The number of carbonyl (C=O) groups is 5. The van der Waals surface area contributed by atoms with Gasteiger partial charge in [0.1, 0.15) is 18.1 Å². The number of unbranched alkanes of at least 4 members (excludes halogenated alkanes) is 1. The monoisotopic (exact) mass is 567 g/mol. The summed E-state index contributed by atoms with van der Waals surface area (Å²) in [6, 6.07) is -4.65. The zero-order valence-corrected chi connectivity index (χ0v) is 22.3. The van der Waals surface area contributed by atoms with E-state index in [0.29, 0.717) is 25.1 Å². The van der Waals surface area contributed by atoms with E-state index in [1.165, 1.54) is 12.5 Å². The summed E-state index contributed by atoms with van der Waals surface area (Å²) in [5.41, 5.74) is 27.5. The summed E-state index contributed by atoms with van der Waals surface area (Å²) in [6.07, 6.45) is 4.24. The maximum Gasteiger partial charge on any atom is 0.326 e. The smallest absolute Gasteiger partial charge is 0.326 e. The van der Waals surface area contributed by atoms with Crippen molar-refractivity contribution < 1.29 is 29.1 Å². The molecule has 0 aliphatic rings. The molecule has 0 saturated heterocycles. The van der Waals surface area contributed by atoms with Gasteiger partial charge in [-0.25, -0.2) is 9.78 Å². The van der Waals surface area contributed by atoms with Crippen LogP contribution >= 0.6 is 0 Å². The molecule has 1 rings (SSSR count). The SMILES string of the molecule is NCCCCC(NC(=O)C(N)CCC(N)=O)C(=O)NC(Cc1cnc[nH]1)C(=O)NC(CCCN=C(N)N)C(=O)O. The van der Waals surface area contributed by atoms with Crippen molar-refractivity contribution in [3.05, 3.63) is 18.2 Å². The van der Waals surface area contributed by atoms with E-state index in [0.717, 1.165) is 0 Å². The Kier molecular flexibility index (Phi) is 15.3. The van der Waals surface area contributed by atoms with Gasteiger partial charge in [0.25, 0.3) is 0 Å². The van der Waals surface area contributed by atoms with Gasteiger partial charge >= 0.3 is 5.97 Å². The fourth-order valence-electron chi connectivity index (χ4n) is 3.60. The van der Waals surface area contributed by atoms with Crippen LogP contribution < -0.4 is 44.6 Å². The minimum Gasteiger partial charge on any atom is -0.480 e. The molecule has 0 aliphatic heterocycles. The molecule has 40 heavy (non-hydrogen) atoms. The summed E-state index contributed by atoms with van der Waals surface area (Å²) < 4.78 is 0. The van der Waals surface area contributed by atoms with Crippen LogP contribution in [0.1, 0.15) is 50.6 Å². The van der Waals surface area contributed by atoms with Crippen molar-refractivity contribution in [2.45, 2.75) is 75.5 Å². The lowest BCUT2D eigenvalue weighted by molar-refractivity contribution is -0.142. The lowest BCUT2D eigenvalue weighted by Crippen LogP contribution is -2.57. The normalized spacial score (nSPS) is 13.8. The number of aliphatic carboxylic acids is 1. The molecular weight excluding hydrogens is 526 g/mol.